The Labute approximate surface area is 159 Å². The number of aromatic nitrogens is 3. The van der Waals surface area contributed by atoms with Crippen LogP contribution in [0, 0.1) is 0 Å². The number of amides is 1. The summed E-state index contributed by atoms with van der Waals surface area (Å²) in [5.41, 5.74) is 0.523. The summed E-state index contributed by atoms with van der Waals surface area (Å²) in [6.07, 6.45) is -2.10. The lowest BCUT2D eigenvalue weighted by atomic mass is 10.0. The molecule has 3 rings (SSSR count). The molecule has 1 amide bonds. The van der Waals surface area contributed by atoms with Crippen molar-refractivity contribution in [3.63, 3.8) is 0 Å². The van der Waals surface area contributed by atoms with Gasteiger partial charge in [0.15, 0.2) is 11.3 Å². The zero-order valence-electron chi connectivity index (χ0n) is 15.4. The van der Waals surface area contributed by atoms with Crippen LogP contribution in [0.1, 0.15) is 41.4 Å². The zero-order valence-corrected chi connectivity index (χ0v) is 15.4. The summed E-state index contributed by atoms with van der Waals surface area (Å²) in [7, 11) is 0. The van der Waals surface area contributed by atoms with Gasteiger partial charge in [0.05, 0.1) is 11.9 Å². The third kappa shape index (κ3) is 3.76. The Morgan fingerprint density at radius 2 is 1.96 bits per heavy atom. The van der Waals surface area contributed by atoms with Crippen LogP contribution in [0.15, 0.2) is 49.2 Å². The van der Waals surface area contributed by atoms with E-state index in [9.17, 15) is 18.0 Å². The number of nitrogens with zero attached hydrogens (tertiary/aromatic N) is 3. The Balaban J connectivity index is 2.17. The maximum Gasteiger partial charge on any atom is 0.433 e. The molecule has 0 saturated carbocycles. The third-order valence-corrected chi connectivity index (χ3v) is 4.29. The van der Waals surface area contributed by atoms with Gasteiger partial charge in [0.1, 0.15) is 5.56 Å². The molecule has 0 aliphatic heterocycles. The molecule has 2 aromatic heterocycles. The van der Waals surface area contributed by atoms with Crippen LogP contribution in [-0.2, 0) is 6.18 Å². The first-order valence-corrected chi connectivity index (χ1v) is 8.67. The van der Waals surface area contributed by atoms with Crippen LogP contribution in [0.25, 0.3) is 16.9 Å². The summed E-state index contributed by atoms with van der Waals surface area (Å²) in [6, 6.07) is 8.10. The first-order chi connectivity index (χ1) is 13.2. The van der Waals surface area contributed by atoms with Crippen molar-refractivity contribution in [1.29, 1.82) is 0 Å². The summed E-state index contributed by atoms with van der Waals surface area (Å²) in [6.45, 7) is 7.73. The Kier molecular flexibility index (Phi) is 5.22. The summed E-state index contributed by atoms with van der Waals surface area (Å²) in [4.78, 5) is 16.6. The quantitative estimate of drug-likeness (QED) is 0.657. The van der Waals surface area contributed by atoms with Gasteiger partial charge in [0.25, 0.3) is 5.91 Å². The Morgan fingerprint density at radius 3 is 2.54 bits per heavy atom. The highest BCUT2D eigenvalue weighted by atomic mass is 19.4. The molecule has 0 radical (unpaired) electrons. The van der Waals surface area contributed by atoms with Gasteiger partial charge in [-0.3, -0.25) is 4.79 Å². The van der Waals surface area contributed by atoms with E-state index in [1.807, 2.05) is 26.0 Å². The molecule has 0 aliphatic rings. The van der Waals surface area contributed by atoms with Crippen molar-refractivity contribution < 1.29 is 18.0 Å². The number of hydrogen-bond donors (Lipinski definition) is 1. The van der Waals surface area contributed by atoms with E-state index >= 15 is 0 Å². The third-order valence-electron chi connectivity index (χ3n) is 4.29. The fourth-order valence-corrected chi connectivity index (χ4v) is 2.77. The van der Waals surface area contributed by atoms with Crippen LogP contribution in [0.5, 0.6) is 0 Å². The zero-order chi connectivity index (χ0) is 20.5. The van der Waals surface area contributed by atoms with Crippen molar-refractivity contribution in [3.05, 3.63) is 66.0 Å². The van der Waals surface area contributed by atoms with Gasteiger partial charge in [-0.05, 0) is 17.5 Å². The summed E-state index contributed by atoms with van der Waals surface area (Å²) in [5.74, 6) is -0.270. The van der Waals surface area contributed by atoms with E-state index in [0.29, 0.717) is 16.0 Å². The summed E-state index contributed by atoms with van der Waals surface area (Å²) >= 11 is 0. The van der Waals surface area contributed by atoms with E-state index in [1.165, 1.54) is 6.08 Å². The Bertz CT molecular complexity index is 1020. The maximum atomic E-state index is 13.6. The molecular weight excluding hydrogens is 369 g/mol. The van der Waals surface area contributed by atoms with Crippen molar-refractivity contribution in [2.24, 2.45) is 0 Å². The van der Waals surface area contributed by atoms with Gasteiger partial charge in [-0.25, -0.2) is 9.50 Å². The highest BCUT2D eigenvalue weighted by Crippen LogP contribution is 2.33. The molecule has 28 heavy (non-hydrogen) atoms. The molecule has 0 fully saturated rings. The normalized spacial score (nSPS) is 11.8. The molecule has 8 heteroatoms. The molecule has 5 nitrogen and oxygen atoms in total. The number of rotatable bonds is 5. The summed E-state index contributed by atoms with van der Waals surface area (Å²) < 4.78 is 41.4. The van der Waals surface area contributed by atoms with E-state index in [2.05, 4.69) is 22.0 Å². The maximum absolute atomic E-state index is 13.6. The first kappa shape index (κ1) is 19.6. The molecule has 0 atom stereocenters. The molecule has 1 N–H and O–H groups in total. The van der Waals surface area contributed by atoms with Crippen LogP contribution in [0.3, 0.4) is 0 Å². The lowest BCUT2D eigenvalue weighted by Gasteiger charge is -2.12. The number of carbonyl (C=O) groups excluding carboxylic acids is 1. The first-order valence-electron chi connectivity index (χ1n) is 8.67. The molecule has 2 heterocycles. The molecule has 0 saturated heterocycles. The lowest BCUT2D eigenvalue weighted by Crippen LogP contribution is -2.23. The minimum atomic E-state index is -4.66. The smallest absolute Gasteiger partial charge is 0.348 e. The second-order valence-electron chi connectivity index (χ2n) is 6.59. The van der Waals surface area contributed by atoms with Gasteiger partial charge in [-0.1, -0.05) is 44.2 Å². The van der Waals surface area contributed by atoms with E-state index in [0.717, 1.165) is 17.8 Å². The number of hydrogen-bond acceptors (Lipinski definition) is 3. The SMILES string of the molecule is C=CCNC(=O)c1cnn2c(C(F)(F)F)cc(-c3ccc(C(C)C)cc3)nc12. The van der Waals surface area contributed by atoms with E-state index in [1.54, 1.807) is 12.1 Å². The topological polar surface area (TPSA) is 59.3 Å². The highest BCUT2D eigenvalue weighted by Gasteiger charge is 2.36. The van der Waals surface area contributed by atoms with Gasteiger partial charge in [0.2, 0.25) is 0 Å². The number of fused-ring (bicyclic) bond motifs is 1. The van der Waals surface area contributed by atoms with Gasteiger partial charge < -0.3 is 5.32 Å². The average Bonchev–Trinajstić information content (AvgIpc) is 3.08. The van der Waals surface area contributed by atoms with Gasteiger partial charge in [-0.15, -0.1) is 6.58 Å². The van der Waals surface area contributed by atoms with E-state index in [-0.39, 0.29) is 23.4 Å². The minimum Gasteiger partial charge on any atom is -0.348 e. The number of benzene rings is 1. The minimum absolute atomic E-state index is 0.0343. The molecule has 0 unspecified atom stereocenters. The number of nitrogens with one attached hydrogen (secondary N) is 1. The monoisotopic (exact) mass is 388 g/mol. The largest absolute Gasteiger partial charge is 0.433 e. The van der Waals surface area contributed by atoms with Crippen molar-refractivity contribution in [3.8, 4) is 11.3 Å². The van der Waals surface area contributed by atoms with Crippen LogP contribution in [-0.4, -0.2) is 27.0 Å². The molecule has 3 aromatic rings. The number of alkyl halides is 3. The van der Waals surface area contributed by atoms with Crippen molar-refractivity contribution in [2.45, 2.75) is 25.9 Å². The second kappa shape index (κ2) is 7.46. The molecule has 0 aliphatic carbocycles. The molecule has 1 aromatic carbocycles. The Hall–Kier alpha value is -3.16. The lowest BCUT2D eigenvalue weighted by molar-refractivity contribution is -0.142. The van der Waals surface area contributed by atoms with Crippen molar-refractivity contribution in [1.82, 2.24) is 19.9 Å². The standard InChI is InChI=1S/C20H19F3N4O/c1-4-9-24-19(28)15-11-25-27-17(20(21,22)23)10-16(26-18(15)27)14-7-5-13(6-8-14)12(2)3/h4-8,10-12H,1,9H2,2-3H3,(H,24,28). The van der Waals surface area contributed by atoms with Crippen LogP contribution in [0.4, 0.5) is 13.2 Å². The van der Waals surface area contributed by atoms with Crippen molar-refractivity contribution in [2.75, 3.05) is 6.54 Å². The Morgan fingerprint density at radius 1 is 1.29 bits per heavy atom. The van der Waals surface area contributed by atoms with Crippen molar-refractivity contribution >= 4 is 11.6 Å². The number of halogens is 3. The van der Waals surface area contributed by atoms with Gasteiger partial charge in [0, 0.05) is 12.1 Å². The molecular formula is C20H19F3N4O. The fraction of sp³-hybridized carbons (Fsp3) is 0.250. The fourth-order valence-electron chi connectivity index (χ4n) is 2.77. The van der Waals surface area contributed by atoms with E-state index < -0.39 is 17.8 Å². The molecule has 0 bridgehead atoms. The second-order valence-corrected chi connectivity index (χ2v) is 6.59. The van der Waals surface area contributed by atoms with Gasteiger partial charge >= 0.3 is 6.18 Å². The average molecular weight is 388 g/mol. The van der Waals surface area contributed by atoms with E-state index in [4.69, 9.17) is 0 Å². The van der Waals surface area contributed by atoms with Crippen LogP contribution >= 0.6 is 0 Å². The van der Waals surface area contributed by atoms with Crippen LogP contribution < -0.4 is 5.32 Å². The predicted molar refractivity (Wildman–Crippen MR) is 100 cm³/mol. The summed E-state index contributed by atoms with van der Waals surface area (Å²) in [5, 5.41) is 6.27. The predicted octanol–water partition coefficient (Wildman–Crippen LogP) is 4.45. The number of carbonyl (C=O) groups is 1. The van der Waals surface area contributed by atoms with Crippen LogP contribution in [0.2, 0.25) is 0 Å². The molecule has 146 valence electrons. The van der Waals surface area contributed by atoms with Gasteiger partial charge in [-0.2, -0.15) is 18.3 Å². The highest BCUT2D eigenvalue weighted by molar-refractivity contribution is 6.00. The molecule has 0 spiro atoms.